The lowest BCUT2D eigenvalue weighted by Crippen LogP contribution is -2.19. The summed E-state index contributed by atoms with van der Waals surface area (Å²) in [6.45, 7) is 1.71. The van der Waals surface area contributed by atoms with Crippen LogP contribution >= 0.6 is 27.3 Å². The van der Waals surface area contributed by atoms with E-state index in [0.29, 0.717) is 6.42 Å². The Hall–Kier alpha value is -0.390. The summed E-state index contributed by atoms with van der Waals surface area (Å²) < 4.78 is 1.14. The van der Waals surface area contributed by atoms with Crippen molar-refractivity contribution in [3.8, 4) is 0 Å². The lowest BCUT2D eigenvalue weighted by atomic mass is 10.3. The van der Waals surface area contributed by atoms with E-state index >= 15 is 0 Å². The first-order chi connectivity index (χ1) is 7.08. The largest absolute Gasteiger partial charge is 0.481 e. The zero-order valence-electron chi connectivity index (χ0n) is 8.57. The third-order valence-corrected chi connectivity index (χ3v) is 3.59. The lowest BCUT2D eigenvalue weighted by Gasteiger charge is -2.14. The van der Waals surface area contributed by atoms with Crippen LogP contribution in [-0.4, -0.2) is 29.6 Å². The number of hydrogen-bond acceptors (Lipinski definition) is 3. The monoisotopic (exact) mass is 291 g/mol. The average molecular weight is 292 g/mol. The first-order valence-electron chi connectivity index (χ1n) is 4.72. The Bertz CT molecular complexity index is 327. The van der Waals surface area contributed by atoms with Gasteiger partial charge in [0.1, 0.15) is 0 Å². The molecule has 0 saturated carbocycles. The summed E-state index contributed by atoms with van der Waals surface area (Å²) in [5.74, 6) is -0.720. The molecule has 0 aliphatic carbocycles. The molecule has 0 amide bonds. The van der Waals surface area contributed by atoms with E-state index in [1.165, 1.54) is 4.88 Å². The first-order valence-corrected chi connectivity index (χ1v) is 6.33. The Morgan fingerprint density at radius 1 is 1.60 bits per heavy atom. The van der Waals surface area contributed by atoms with Crippen LogP contribution in [0.5, 0.6) is 0 Å². The summed E-state index contributed by atoms with van der Waals surface area (Å²) in [4.78, 5) is 13.8. The molecule has 0 atom stereocenters. The van der Waals surface area contributed by atoms with Gasteiger partial charge in [-0.25, -0.2) is 0 Å². The first kappa shape index (κ1) is 12.7. The fraction of sp³-hybridized carbons (Fsp3) is 0.500. The molecular formula is C10H14BrNO2S. The molecule has 0 fully saturated rings. The van der Waals surface area contributed by atoms with Crippen LogP contribution in [0, 0.1) is 0 Å². The Kier molecular flexibility index (Phi) is 5.28. The number of nitrogens with zero attached hydrogens (tertiary/aromatic N) is 1. The number of thiophene rings is 1. The van der Waals surface area contributed by atoms with Gasteiger partial charge in [-0.3, -0.25) is 4.79 Å². The number of halogens is 1. The maximum Gasteiger partial charge on any atom is 0.303 e. The minimum absolute atomic E-state index is 0.248. The Morgan fingerprint density at radius 3 is 2.87 bits per heavy atom. The fourth-order valence-electron chi connectivity index (χ4n) is 1.28. The second-order valence-electron chi connectivity index (χ2n) is 3.44. The van der Waals surface area contributed by atoms with Crippen LogP contribution in [0.3, 0.4) is 0 Å². The van der Waals surface area contributed by atoms with Crippen LogP contribution in [0.2, 0.25) is 0 Å². The molecule has 0 saturated heterocycles. The number of carboxylic acid groups (broad SMARTS) is 1. The second-order valence-corrected chi connectivity index (χ2v) is 5.99. The van der Waals surface area contributed by atoms with Gasteiger partial charge in [0.05, 0.1) is 3.79 Å². The molecule has 0 unspecified atom stereocenters. The summed E-state index contributed by atoms with van der Waals surface area (Å²) in [6, 6.07) is 4.12. The highest BCUT2D eigenvalue weighted by Crippen LogP contribution is 2.22. The molecule has 15 heavy (non-hydrogen) atoms. The Morgan fingerprint density at radius 2 is 2.33 bits per heavy atom. The minimum Gasteiger partial charge on any atom is -0.481 e. The van der Waals surface area contributed by atoms with E-state index < -0.39 is 5.97 Å². The standard InChI is InChI=1S/C10H14BrNO2S/c1-12(6-2-3-10(13)14)7-8-4-5-9(11)15-8/h4-5H,2-3,6-7H2,1H3,(H,13,14). The van der Waals surface area contributed by atoms with Gasteiger partial charge in [-0.05, 0) is 48.1 Å². The van der Waals surface area contributed by atoms with E-state index in [4.69, 9.17) is 5.11 Å². The van der Waals surface area contributed by atoms with Gasteiger partial charge in [0.25, 0.3) is 0 Å². The summed E-state index contributed by atoms with van der Waals surface area (Å²) in [7, 11) is 2.01. The highest BCUT2D eigenvalue weighted by molar-refractivity contribution is 9.11. The molecule has 1 aromatic rings. The molecular weight excluding hydrogens is 278 g/mol. The van der Waals surface area contributed by atoms with Gasteiger partial charge in [-0.15, -0.1) is 11.3 Å². The van der Waals surface area contributed by atoms with Crippen molar-refractivity contribution in [3.05, 3.63) is 20.8 Å². The molecule has 1 aromatic heterocycles. The quantitative estimate of drug-likeness (QED) is 0.876. The molecule has 84 valence electrons. The number of carboxylic acids is 1. The van der Waals surface area contributed by atoms with Crippen molar-refractivity contribution < 1.29 is 9.90 Å². The fourth-order valence-corrected chi connectivity index (χ4v) is 2.85. The van der Waals surface area contributed by atoms with Gasteiger partial charge in [0.2, 0.25) is 0 Å². The van der Waals surface area contributed by atoms with Gasteiger partial charge < -0.3 is 10.0 Å². The van der Waals surface area contributed by atoms with Crippen molar-refractivity contribution in [3.63, 3.8) is 0 Å². The molecule has 0 aliphatic heterocycles. The van der Waals surface area contributed by atoms with E-state index in [-0.39, 0.29) is 6.42 Å². The van der Waals surface area contributed by atoms with Crippen LogP contribution in [0.15, 0.2) is 15.9 Å². The zero-order valence-corrected chi connectivity index (χ0v) is 11.0. The molecule has 0 bridgehead atoms. The lowest BCUT2D eigenvalue weighted by molar-refractivity contribution is -0.137. The van der Waals surface area contributed by atoms with Gasteiger partial charge in [0.15, 0.2) is 0 Å². The molecule has 1 rings (SSSR count). The summed E-state index contributed by atoms with van der Waals surface area (Å²) in [6.07, 6.45) is 0.955. The zero-order chi connectivity index (χ0) is 11.3. The number of carbonyl (C=O) groups is 1. The average Bonchev–Trinajstić information content (AvgIpc) is 2.50. The molecule has 5 heteroatoms. The van der Waals surface area contributed by atoms with Crippen molar-refractivity contribution in [2.24, 2.45) is 0 Å². The van der Waals surface area contributed by atoms with Gasteiger partial charge in [0, 0.05) is 17.8 Å². The molecule has 0 aliphatic rings. The third-order valence-electron chi connectivity index (χ3n) is 1.99. The Balaban J connectivity index is 2.24. The topological polar surface area (TPSA) is 40.5 Å². The summed E-state index contributed by atoms with van der Waals surface area (Å²) >= 11 is 5.13. The third kappa shape index (κ3) is 5.30. The highest BCUT2D eigenvalue weighted by atomic mass is 79.9. The maximum absolute atomic E-state index is 10.3. The SMILES string of the molecule is CN(CCCC(=O)O)Cc1ccc(Br)s1. The van der Waals surface area contributed by atoms with E-state index in [9.17, 15) is 4.79 Å². The minimum atomic E-state index is -0.720. The molecule has 0 aromatic carbocycles. The number of rotatable bonds is 6. The van der Waals surface area contributed by atoms with Crippen LogP contribution in [0.1, 0.15) is 17.7 Å². The van der Waals surface area contributed by atoms with Crippen LogP contribution in [0.25, 0.3) is 0 Å². The normalized spacial score (nSPS) is 10.9. The van der Waals surface area contributed by atoms with Crippen molar-refractivity contribution in [1.29, 1.82) is 0 Å². The molecule has 0 radical (unpaired) electrons. The second kappa shape index (κ2) is 6.25. The number of hydrogen-bond donors (Lipinski definition) is 1. The van der Waals surface area contributed by atoms with Crippen molar-refractivity contribution >= 4 is 33.2 Å². The molecule has 1 heterocycles. The molecule has 1 N–H and O–H groups in total. The summed E-state index contributed by atoms with van der Waals surface area (Å²) in [5.41, 5.74) is 0. The van der Waals surface area contributed by atoms with Gasteiger partial charge >= 0.3 is 5.97 Å². The van der Waals surface area contributed by atoms with Crippen LogP contribution in [0.4, 0.5) is 0 Å². The smallest absolute Gasteiger partial charge is 0.303 e. The van der Waals surface area contributed by atoms with Gasteiger partial charge in [-0.2, -0.15) is 0 Å². The van der Waals surface area contributed by atoms with E-state index in [1.54, 1.807) is 11.3 Å². The Labute approximate surface area is 102 Å². The number of aliphatic carboxylic acids is 1. The van der Waals surface area contributed by atoms with E-state index in [1.807, 2.05) is 13.1 Å². The predicted octanol–water partition coefficient (Wildman–Crippen LogP) is 2.81. The summed E-state index contributed by atoms with van der Waals surface area (Å²) in [5, 5.41) is 8.50. The van der Waals surface area contributed by atoms with E-state index in [2.05, 4.69) is 26.9 Å². The van der Waals surface area contributed by atoms with Crippen molar-refractivity contribution in [2.45, 2.75) is 19.4 Å². The van der Waals surface area contributed by atoms with Gasteiger partial charge in [-0.1, -0.05) is 0 Å². The van der Waals surface area contributed by atoms with Crippen molar-refractivity contribution in [1.82, 2.24) is 4.90 Å². The van der Waals surface area contributed by atoms with Crippen LogP contribution < -0.4 is 0 Å². The predicted molar refractivity (Wildman–Crippen MR) is 65.2 cm³/mol. The van der Waals surface area contributed by atoms with Crippen molar-refractivity contribution in [2.75, 3.05) is 13.6 Å². The highest BCUT2D eigenvalue weighted by Gasteiger charge is 2.04. The maximum atomic E-state index is 10.3. The molecule has 3 nitrogen and oxygen atoms in total. The van der Waals surface area contributed by atoms with E-state index in [0.717, 1.165) is 16.9 Å². The molecule has 0 spiro atoms. The van der Waals surface area contributed by atoms with Crippen LogP contribution in [-0.2, 0) is 11.3 Å².